The molecular weight excluding hydrogens is 276 g/mol. The van der Waals surface area contributed by atoms with Crippen molar-refractivity contribution in [1.82, 2.24) is 16.0 Å². The summed E-state index contributed by atoms with van der Waals surface area (Å²) in [5.41, 5.74) is 2.48. The number of carbonyl (C=O) groups excluding carboxylic acids is 1. The minimum atomic E-state index is 0.159. The van der Waals surface area contributed by atoms with Gasteiger partial charge in [0.1, 0.15) is 0 Å². The second-order valence-corrected chi connectivity index (χ2v) is 5.79. The third-order valence-electron chi connectivity index (χ3n) is 3.58. The number of aryl methyl sites for hydroxylation is 1. The number of guanidine groups is 1. The van der Waals surface area contributed by atoms with Crippen molar-refractivity contribution < 1.29 is 4.79 Å². The molecule has 1 fully saturated rings. The molecule has 5 heteroatoms. The van der Waals surface area contributed by atoms with Gasteiger partial charge < -0.3 is 16.0 Å². The molecule has 1 amide bonds. The van der Waals surface area contributed by atoms with E-state index in [1.54, 1.807) is 7.05 Å². The normalized spacial score (nSPS) is 14.5. The number of carbonyl (C=O) groups is 1. The van der Waals surface area contributed by atoms with Crippen LogP contribution in [-0.2, 0) is 11.3 Å². The molecule has 1 aliphatic carbocycles. The van der Waals surface area contributed by atoms with E-state index in [2.05, 4.69) is 52.1 Å². The molecule has 120 valence electrons. The highest BCUT2D eigenvalue weighted by Crippen LogP contribution is 2.18. The Morgan fingerprint density at radius 3 is 2.82 bits per heavy atom. The van der Waals surface area contributed by atoms with Crippen LogP contribution >= 0.6 is 0 Å². The predicted molar refractivity (Wildman–Crippen MR) is 89.8 cm³/mol. The lowest BCUT2D eigenvalue weighted by atomic mass is 10.1. The quantitative estimate of drug-likeness (QED) is 0.408. The molecule has 0 radical (unpaired) electrons. The Morgan fingerprint density at radius 1 is 1.32 bits per heavy atom. The van der Waals surface area contributed by atoms with Gasteiger partial charge in [-0.05, 0) is 31.7 Å². The van der Waals surface area contributed by atoms with Crippen LogP contribution in [0.3, 0.4) is 0 Å². The van der Waals surface area contributed by atoms with Crippen molar-refractivity contribution in [1.29, 1.82) is 0 Å². The molecule has 1 aliphatic rings. The zero-order valence-electron chi connectivity index (χ0n) is 13.5. The van der Waals surface area contributed by atoms with Crippen molar-refractivity contribution in [3.05, 3.63) is 35.4 Å². The summed E-state index contributed by atoms with van der Waals surface area (Å²) in [5.74, 6) is 0.927. The SMILES string of the molecule is CN=C(NCCCC(=O)NC1CC1)NCc1cccc(C)c1. The van der Waals surface area contributed by atoms with Crippen molar-refractivity contribution in [3.63, 3.8) is 0 Å². The summed E-state index contributed by atoms with van der Waals surface area (Å²) in [6.45, 7) is 3.57. The van der Waals surface area contributed by atoms with Gasteiger partial charge in [-0.1, -0.05) is 29.8 Å². The third kappa shape index (κ3) is 6.16. The number of nitrogens with zero attached hydrogens (tertiary/aromatic N) is 1. The standard InChI is InChI=1S/C17H26N4O/c1-13-5-3-6-14(11-13)12-20-17(18-2)19-10-4-7-16(22)21-15-8-9-15/h3,5-6,11,15H,4,7-10,12H2,1-2H3,(H,21,22)(H2,18,19,20). The Balaban J connectivity index is 1.61. The average molecular weight is 302 g/mol. The second kappa shape index (κ2) is 8.41. The van der Waals surface area contributed by atoms with Crippen molar-refractivity contribution in [2.24, 2.45) is 4.99 Å². The Hall–Kier alpha value is -2.04. The van der Waals surface area contributed by atoms with Gasteiger partial charge in [-0.25, -0.2) is 0 Å². The molecule has 0 aliphatic heterocycles. The summed E-state index contributed by atoms with van der Waals surface area (Å²) >= 11 is 0. The van der Waals surface area contributed by atoms with Crippen LogP contribution in [0.2, 0.25) is 0 Å². The van der Waals surface area contributed by atoms with Gasteiger partial charge in [0.25, 0.3) is 0 Å². The smallest absolute Gasteiger partial charge is 0.220 e. The lowest BCUT2D eigenvalue weighted by molar-refractivity contribution is -0.121. The lowest BCUT2D eigenvalue weighted by Gasteiger charge is -2.12. The van der Waals surface area contributed by atoms with E-state index in [0.717, 1.165) is 38.3 Å². The fourth-order valence-corrected chi connectivity index (χ4v) is 2.21. The minimum Gasteiger partial charge on any atom is -0.356 e. The van der Waals surface area contributed by atoms with Crippen LogP contribution in [-0.4, -0.2) is 31.5 Å². The summed E-state index contributed by atoms with van der Waals surface area (Å²) in [7, 11) is 1.76. The van der Waals surface area contributed by atoms with Crippen molar-refractivity contribution in [3.8, 4) is 0 Å². The number of nitrogens with one attached hydrogen (secondary N) is 3. The molecule has 0 saturated heterocycles. The van der Waals surface area contributed by atoms with Gasteiger partial charge in [-0.15, -0.1) is 0 Å². The predicted octanol–water partition coefficient (Wildman–Crippen LogP) is 1.72. The van der Waals surface area contributed by atoms with Crippen LogP contribution in [0.5, 0.6) is 0 Å². The Kier molecular flexibility index (Phi) is 6.25. The average Bonchev–Trinajstić information content (AvgIpc) is 3.30. The molecule has 3 N–H and O–H groups in total. The van der Waals surface area contributed by atoms with E-state index in [-0.39, 0.29) is 5.91 Å². The summed E-state index contributed by atoms with van der Waals surface area (Å²) < 4.78 is 0. The number of benzene rings is 1. The highest BCUT2D eigenvalue weighted by atomic mass is 16.1. The first-order valence-corrected chi connectivity index (χ1v) is 7.97. The number of aliphatic imine (C=N–C) groups is 1. The van der Waals surface area contributed by atoms with Crippen molar-refractivity contribution in [2.45, 2.75) is 45.2 Å². The summed E-state index contributed by atoms with van der Waals surface area (Å²) in [6.07, 6.45) is 3.65. The van der Waals surface area contributed by atoms with E-state index in [0.29, 0.717) is 12.5 Å². The molecule has 0 spiro atoms. The van der Waals surface area contributed by atoms with Gasteiger partial charge in [0.2, 0.25) is 5.91 Å². The number of hydrogen-bond donors (Lipinski definition) is 3. The van der Waals surface area contributed by atoms with Crippen LogP contribution in [0.25, 0.3) is 0 Å². The summed E-state index contributed by atoms with van der Waals surface area (Å²) in [4.78, 5) is 15.8. The van der Waals surface area contributed by atoms with Gasteiger partial charge in [0.15, 0.2) is 5.96 Å². The Bertz CT molecular complexity index is 523. The first kappa shape index (κ1) is 16.3. The Morgan fingerprint density at radius 2 is 2.14 bits per heavy atom. The Labute approximate surface area is 132 Å². The van der Waals surface area contributed by atoms with Crippen LogP contribution in [0.1, 0.15) is 36.8 Å². The van der Waals surface area contributed by atoms with Gasteiger partial charge in [0, 0.05) is 32.6 Å². The molecule has 0 bridgehead atoms. The highest BCUT2D eigenvalue weighted by Gasteiger charge is 2.22. The number of amides is 1. The van der Waals surface area contributed by atoms with Gasteiger partial charge in [0.05, 0.1) is 0 Å². The fourth-order valence-electron chi connectivity index (χ4n) is 2.21. The summed E-state index contributed by atoms with van der Waals surface area (Å²) in [5, 5.41) is 9.51. The van der Waals surface area contributed by atoms with Gasteiger partial charge in [-0.2, -0.15) is 0 Å². The zero-order valence-corrected chi connectivity index (χ0v) is 13.5. The maximum atomic E-state index is 11.6. The van der Waals surface area contributed by atoms with Crippen molar-refractivity contribution >= 4 is 11.9 Å². The number of hydrogen-bond acceptors (Lipinski definition) is 2. The van der Waals surface area contributed by atoms with Crippen LogP contribution in [0.4, 0.5) is 0 Å². The molecule has 0 heterocycles. The fraction of sp³-hybridized carbons (Fsp3) is 0.529. The first-order chi connectivity index (χ1) is 10.7. The van der Waals surface area contributed by atoms with E-state index in [9.17, 15) is 4.79 Å². The van der Waals surface area contributed by atoms with E-state index in [1.165, 1.54) is 11.1 Å². The van der Waals surface area contributed by atoms with Crippen molar-refractivity contribution in [2.75, 3.05) is 13.6 Å². The zero-order chi connectivity index (χ0) is 15.8. The molecule has 0 aromatic heterocycles. The molecule has 0 atom stereocenters. The van der Waals surface area contributed by atoms with Crippen LogP contribution in [0, 0.1) is 6.92 Å². The molecule has 22 heavy (non-hydrogen) atoms. The van der Waals surface area contributed by atoms with Crippen LogP contribution < -0.4 is 16.0 Å². The van der Waals surface area contributed by atoms with E-state index < -0.39 is 0 Å². The molecule has 0 unspecified atom stereocenters. The third-order valence-corrected chi connectivity index (χ3v) is 3.58. The molecule has 1 aromatic carbocycles. The van der Waals surface area contributed by atoms with E-state index >= 15 is 0 Å². The molecule has 5 nitrogen and oxygen atoms in total. The summed E-state index contributed by atoms with van der Waals surface area (Å²) in [6, 6.07) is 8.84. The minimum absolute atomic E-state index is 0.159. The van der Waals surface area contributed by atoms with Gasteiger partial charge in [-0.3, -0.25) is 9.79 Å². The maximum absolute atomic E-state index is 11.6. The lowest BCUT2D eigenvalue weighted by Crippen LogP contribution is -2.37. The first-order valence-electron chi connectivity index (χ1n) is 7.97. The topological polar surface area (TPSA) is 65.5 Å². The van der Waals surface area contributed by atoms with E-state index in [1.807, 2.05) is 0 Å². The molecule has 2 rings (SSSR count). The molecular formula is C17H26N4O. The number of rotatable bonds is 7. The molecule has 1 aromatic rings. The highest BCUT2D eigenvalue weighted by molar-refractivity contribution is 5.80. The maximum Gasteiger partial charge on any atom is 0.220 e. The second-order valence-electron chi connectivity index (χ2n) is 5.79. The largest absolute Gasteiger partial charge is 0.356 e. The monoisotopic (exact) mass is 302 g/mol. The molecule has 1 saturated carbocycles. The van der Waals surface area contributed by atoms with E-state index in [4.69, 9.17) is 0 Å². The van der Waals surface area contributed by atoms with Crippen LogP contribution in [0.15, 0.2) is 29.3 Å². The van der Waals surface area contributed by atoms with Gasteiger partial charge >= 0.3 is 0 Å².